The Bertz CT molecular complexity index is 1520. The van der Waals surface area contributed by atoms with Gasteiger partial charge in [-0.1, -0.05) is 24.3 Å². The smallest absolute Gasteiger partial charge is 0.418 e. The fourth-order valence-electron chi connectivity index (χ4n) is 4.16. The van der Waals surface area contributed by atoms with Gasteiger partial charge in [0.15, 0.2) is 23.1 Å². The van der Waals surface area contributed by atoms with Crippen LogP contribution in [0.25, 0.3) is 26.9 Å². The molecule has 3 amide bonds. The van der Waals surface area contributed by atoms with Gasteiger partial charge in [0, 0.05) is 12.1 Å². The first-order valence-electron chi connectivity index (χ1n) is 10.8. The summed E-state index contributed by atoms with van der Waals surface area (Å²) in [5.74, 6) is -2.34. The highest BCUT2D eigenvalue weighted by Gasteiger charge is 2.43. The Morgan fingerprint density at radius 3 is 2.54 bits per heavy atom. The van der Waals surface area contributed by atoms with Crippen LogP contribution < -0.4 is 5.32 Å². The van der Waals surface area contributed by atoms with E-state index in [2.05, 4.69) is 15.3 Å². The molecule has 1 aliphatic heterocycles. The standard InChI is InChI=1S/C24H16N4O6S/c29-15-11-14(27-23(31)28-9-10-33-24(28)32)18(22-26-13-6-2-4-8-17(13)35-22)20(30)19(15)21-25-12-5-1-3-7-16(12)34-21/h1-8,19H,9-11H2,(H,27,31). The molecule has 0 bridgehead atoms. The highest BCUT2D eigenvalue weighted by atomic mass is 32.1. The molecule has 2 aromatic heterocycles. The number of para-hydroxylation sites is 3. The van der Waals surface area contributed by atoms with E-state index in [1.807, 2.05) is 24.3 Å². The molecule has 6 rings (SSSR count). The predicted molar refractivity (Wildman–Crippen MR) is 125 cm³/mol. The number of aromatic nitrogens is 2. The van der Waals surface area contributed by atoms with E-state index in [4.69, 9.17) is 9.15 Å². The third-order valence-corrected chi connectivity index (χ3v) is 6.87. The van der Waals surface area contributed by atoms with Crippen molar-refractivity contribution < 1.29 is 28.3 Å². The van der Waals surface area contributed by atoms with Gasteiger partial charge < -0.3 is 14.5 Å². The van der Waals surface area contributed by atoms with E-state index in [0.29, 0.717) is 21.6 Å². The van der Waals surface area contributed by atoms with E-state index in [-0.39, 0.29) is 36.7 Å². The molecule has 0 radical (unpaired) electrons. The van der Waals surface area contributed by atoms with Crippen LogP contribution in [-0.4, -0.2) is 51.7 Å². The number of nitrogens with one attached hydrogen (secondary N) is 1. The molecule has 1 atom stereocenters. The number of allylic oxidation sites excluding steroid dienone is 2. The summed E-state index contributed by atoms with van der Waals surface area (Å²) < 4.78 is 11.4. The second-order valence-corrected chi connectivity index (χ2v) is 9.03. The molecule has 0 spiro atoms. The topological polar surface area (TPSA) is 132 Å². The SMILES string of the molecule is O=C1CC(NC(=O)N2CCOC2=O)=C(c2nc3ccccc3s2)C(=O)C1c1nc2ccccc2o1. The Kier molecular flexibility index (Phi) is 4.92. The first-order chi connectivity index (χ1) is 17.0. The summed E-state index contributed by atoms with van der Waals surface area (Å²) in [6, 6.07) is 13.6. The predicted octanol–water partition coefficient (Wildman–Crippen LogP) is 3.64. The molecule has 174 valence electrons. The third kappa shape index (κ3) is 3.56. The molecular weight excluding hydrogens is 472 g/mol. The molecule has 1 N–H and O–H groups in total. The van der Waals surface area contributed by atoms with Gasteiger partial charge in [-0.2, -0.15) is 0 Å². The van der Waals surface area contributed by atoms with Gasteiger partial charge in [-0.3, -0.25) is 9.59 Å². The second-order valence-electron chi connectivity index (χ2n) is 8.00. The van der Waals surface area contributed by atoms with Crippen LogP contribution in [0.4, 0.5) is 9.59 Å². The highest BCUT2D eigenvalue weighted by Crippen LogP contribution is 2.38. The number of urea groups is 1. The average Bonchev–Trinajstić information content (AvgIpc) is 3.56. The van der Waals surface area contributed by atoms with Crippen LogP contribution in [0.2, 0.25) is 0 Å². The molecule has 1 fully saturated rings. The zero-order valence-corrected chi connectivity index (χ0v) is 18.8. The van der Waals surface area contributed by atoms with Gasteiger partial charge in [0.25, 0.3) is 0 Å². The molecule has 35 heavy (non-hydrogen) atoms. The van der Waals surface area contributed by atoms with Crippen molar-refractivity contribution in [2.24, 2.45) is 0 Å². The fraction of sp³-hybridized carbons (Fsp3) is 0.167. The maximum Gasteiger partial charge on any atom is 0.418 e. The number of nitrogens with zero attached hydrogens (tertiary/aromatic N) is 3. The van der Waals surface area contributed by atoms with Crippen LogP contribution in [0, 0.1) is 0 Å². The third-order valence-electron chi connectivity index (χ3n) is 5.81. The molecule has 2 aromatic carbocycles. The Labute approximate surface area is 201 Å². The van der Waals surface area contributed by atoms with E-state index >= 15 is 0 Å². The number of Topliss-reactive ketones (excluding diaryl/α,β-unsaturated/α-hetero) is 2. The zero-order valence-electron chi connectivity index (χ0n) is 18.0. The highest BCUT2D eigenvalue weighted by molar-refractivity contribution is 7.19. The quantitative estimate of drug-likeness (QED) is 0.433. The first-order valence-corrected chi connectivity index (χ1v) is 11.6. The van der Waals surface area contributed by atoms with E-state index < -0.39 is 29.6 Å². The molecule has 1 saturated heterocycles. The van der Waals surface area contributed by atoms with Gasteiger partial charge in [0.2, 0.25) is 5.89 Å². The van der Waals surface area contributed by atoms with Crippen molar-refractivity contribution in [3.63, 3.8) is 0 Å². The lowest BCUT2D eigenvalue weighted by Crippen LogP contribution is -2.42. The number of hydrogen-bond donors (Lipinski definition) is 1. The molecule has 1 unspecified atom stereocenters. The largest absolute Gasteiger partial charge is 0.447 e. The number of amides is 3. The zero-order chi connectivity index (χ0) is 24.1. The molecular formula is C24H16N4O6S. The van der Waals surface area contributed by atoms with E-state index in [0.717, 1.165) is 9.60 Å². The number of rotatable bonds is 3. The minimum atomic E-state index is -1.28. The minimum absolute atomic E-state index is 0.00620. The molecule has 3 heterocycles. The van der Waals surface area contributed by atoms with Crippen molar-refractivity contribution >= 4 is 61.9 Å². The molecule has 0 saturated carbocycles. The number of imide groups is 1. The van der Waals surface area contributed by atoms with Gasteiger partial charge in [0.05, 0.1) is 22.3 Å². The molecule has 4 aromatic rings. The number of thiazole rings is 1. The van der Waals surface area contributed by atoms with Crippen LogP contribution in [0.1, 0.15) is 23.2 Å². The van der Waals surface area contributed by atoms with E-state index in [9.17, 15) is 19.2 Å². The fourth-order valence-corrected chi connectivity index (χ4v) is 5.21. The summed E-state index contributed by atoms with van der Waals surface area (Å²) in [4.78, 5) is 61.4. The number of ether oxygens (including phenoxy) is 1. The number of benzene rings is 2. The Hall–Kier alpha value is -4.38. The monoisotopic (exact) mass is 488 g/mol. The summed E-state index contributed by atoms with van der Waals surface area (Å²) in [6.45, 7) is 0.148. The van der Waals surface area contributed by atoms with Crippen LogP contribution >= 0.6 is 11.3 Å². The van der Waals surface area contributed by atoms with Gasteiger partial charge in [-0.25, -0.2) is 24.5 Å². The maximum atomic E-state index is 13.8. The van der Waals surface area contributed by atoms with Gasteiger partial charge in [0.1, 0.15) is 17.1 Å². The molecule has 1 aliphatic carbocycles. The van der Waals surface area contributed by atoms with Crippen molar-refractivity contribution in [2.75, 3.05) is 13.2 Å². The van der Waals surface area contributed by atoms with E-state index in [1.54, 1.807) is 24.3 Å². The van der Waals surface area contributed by atoms with Crippen molar-refractivity contribution in [3.8, 4) is 0 Å². The lowest BCUT2D eigenvalue weighted by atomic mass is 9.84. The Balaban J connectivity index is 1.46. The van der Waals surface area contributed by atoms with Crippen molar-refractivity contribution in [1.29, 1.82) is 0 Å². The maximum absolute atomic E-state index is 13.8. The normalized spacial score (nSPS) is 18.6. The number of oxazole rings is 1. The summed E-state index contributed by atoms with van der Waals surface area (Å²) >= 11 is 1.27. The van der Waals surface area contributed by atoms with Crippen molar-refractivity contribution in [1.82, 2.24) is 20.2 Å². The average molecular weight is 488 g/mol. The van der Waals surface area contributed by atoms with Crippen LogP contribution in [-0.2, 0) is 14.3 Å². The van der Waals surface area contributed by atoms with Crippen molar-refractivity contribution in [3.05, 3.63) is 65.1 Å². The van der Waals surface area contributed by atoms with Crippen LogP contribution in [0.5, 0.6) is 0 Å². The number of carbonyl (C=O) groups is 4. The van der Waals surface area contributed by atoms with Gasteiger partial charge >= 0.3 is 12.1 Å². The number of cyclic esters (lactones) is 1. The van der Waals surface area contributed by atoms with Crippen LogP contribution in [0.3, 0.4) is 0 Å². The summed E-state index contributed by atoms with van der Waals surface area (Å²) in [6.07, 6.45) is -1.06. The lowest BCUT2D eigenvalue weighted by molar-refractivity contribution is -0.127. The van der Waals surface area contributed by atoms with Crippen LogP contribution in [0.15, 0.2) is 58.6 Å². The Morgan fingerprint density at radius 1 is 1.03 bits per heavy atom. The lowest BCUT2D eigenvalue weighted by Gasteiger charge is -2.24. The molecule has 11 heteroatoms. The first kappa shape index (κ1) is 21.2. The minimum Gasteiger partial charge on any atom is -0.447 e. The van der Waals surface area contributed by atoms with Crippen molar-refractivity contribution in [2.45, 2.75) is 12.3 Å². The summed E-state index contributed by atoms with van der Waals surface area (Å²) in [5, 5.41) is 2.93. The number of hydrogen-bond acceptors (Lipinski definition) is 9. The van der Waals surface area contributed by atoms with Gasteiger partial charge in [-0.15, -0.1) is 11.3 Å². The van der Waals surface area contributed by atoms with Gasteiger partial charge in [-0.05, 0) is 24.3 Å². The molecule has 2 aliphatic rings. The number of fused-ring (bicyclic) bond motifs is 2. The van der Waals surface area contributed by atoms with E-state index in [1.165, 1.54) is 11.3 Å². The number of carbonyl (C=O) groups excluding carboxylic acids is 4. The number of ketones is 2. The molecule has 10 nitrogen and oxygen atoms in total. The summed E-state index contributed by atoms with van der Waals surface area (Å²) in [7, 11) is 0. The second kappa shape index (κ2) is 8.13. The summed E-state index contributed by atoms with van der Waals surface area (Å²) in [5.41, 5.74) is 1.84. The Morgan fingerprint density at radius 2 is 1.80 bits per heavy atom.